The summed E-state index contributed by atoms with van der Waals surface area (Å²) < 4.78 is 0. The Morgan fingerprint density at radius 2 is 1.93 bits per heavy atom. The molecule has 2 rings (SSSR count). The maximum absolute atomic E-state index is 5.51. The van der Waals surface area contributed by atoms with Gasteiger partial charge in [-0.25, -0.2) is 0 Å². The van der Waals surface area contributed by atoms with Crippen LogP contribution in [-0.2, 0) is 0 Å². The summed E-state index contributed by atoms with van der Waals surface area (Å²) >= 11 is 0. The summed E-state index contributed by atoms with van der Waals surface area (Å²) in [6.07, 6.45) is 1.07. The van der Waals surface area contributed by atoms with Crippen molar-refractivity contribution in [3.63, 3.8) is 0 Å². The first-order valence-corrected chi connectivity index (χ1v) is 4.88. The number of nitrogens with two attached hydrogens (primary N) is 2. The van der Waals surface area contributed by atoms with Gasteiger partial charge in [0.25, 0.3) is 0 Å². The largest absolute Gasteiger partial charge is 0.368 e. The number of nitrogens with zero attached hydrogens (tertiary/aromatic N) is 4. The van der Waals surface area contributed by atoms with Crippen molar-refractivity contribution in [2.75, 3.05) is 36.5 Å². The van der Waals surface area contributed by atoms with Gasteiger partial charge in [0.15, 0.2) is 0 Å². The summed E-state index contributed by atoms with van der Waals surface area (Å²) in [5.74, 6) is 0.911. The van der Waals surface area contributed by atoms with Gasteiger partial charge in [0.2, 0.25) is 17.8 Å². The van der Waals surface area contributed by atoms with E-state index in [1.165, 1.54) is 0 Å². The van der Waals surface area contributed by atoms with Gasteiger partial charge in [-0.1, -0.05) is 0 Å². The lowest BCUT2D eigenvalue weighted by Crippen LogP contribution is -2.30. The molecule has 1 fully saturated rings. The summed E-state index contributed by atoms with van der Waals surface area (Å²) in [4.78, 5) is 13.9. The van der Waals surface area contributed by atoms with Crippen LogP contribution in [-0.4, -0.2) is 41.1 Å². The van der Waals surface area contributed by atoms with Crippen molar-refractivity contribution in [2.45, 2.75) is 12.5 Å². The molecule has 5 N–H and O–H groups in total. The first-order chi connectivity index (χ1) is 7.19. The lowest BCUT2D eigenvalue weighted by atomic mass is 10.3. The summed E-state index contributed by atoms with van der Waals surface area (Å²) in [6, 6.07) is 0.476. The highest BCUT2D eigenvalue weighted by atomic mass is 15.3. The Labute approximate surface area is 87.9 Å². The maximum Gasteiger partial charge on any atom is 0.231 e. The van der Waals surface area contributed by atoms with E-state index >= 15 is 0 Å². The van der Waals surface area contributed by atoms with Gasteiger partial charge in [-0.3, -0.25) is 0 Å². The fourth-order valence-corrected chi connectivity index (χ4v) is 1.72. The third kappa shape index (κ3) is 2.07. The molecule has 1 aromatic heterocycles. The number of nitrogen functional groups attached to an aromatic ring is 2. The van der Waals surface area contributed by atoms with Crippen molar-refractivity contribution in [1.82, 2.24) is 20.3 Å². The molecule has 7 nitrogen and oxygen atoms in total. The van der Waals surface area contributed by atoms with Crippen molar-refractivity contribution in [2.24, 2.45) is 0 Å². The van der Waals surface area contributed by atoms with Crippen LogP contribution in [0.15, 0.2) is 0 Å². The number of aromatic nitrogens is 3. The van der Waals surface area contributed by atoms with E-state index < -0.39 is 0 Å². The Bertz CT molecular complexity index is 333. The Kier molecular flexibility index (Phi) is 2.55. The third-order valence-corrected chi connectivity index (χ3v) is 2.54. The molecule has 1 aliphatic heterocycles. The first kappa shape index (κ1) is 9.91. The molecule has 82 valence electrons. The first-order valence-electron chi connectivity index (χ1n) is 4.88. The monoisotopic (exact) mass is 209 g/mol. The molecule has 0 saturated carbocycles. The molecule has 0 radical (unpaired) electrons. The van der Waals surface area contributed by atoms with Gasteiger partial charge in [0.05, 0.1) is 0 Å². The fraction of sp³-hybridized carbons (Fsp3) is 0.625. The molecule has 2 heterocycles. The van der Waals surface area contributed by atoms with Gasteiger partial charge in [-0.15, -0.1) is 0 Å². The SMILES string of the molecule is CN[C@@H]1CCN(c2nc(N)nc(N)n2)C1. The van der Waals surface area contributed by atoms with E-state index in [0.717, 1.165) is 19.5 Å². The molecule has 1 saturated heterocycles. The zero-order valence-corrected chi connectivity index (χ0v) is 8.64. The number of nitrogens with one attached hydrogen (secondary N) is 1. The van der Waals surface area contributed by atoms with Crippen LogP contribution in [0.4, 0.5) is 17.8 Å². The molecule has 7 heteroatoms. The zero-order chi connectivity index (χ0) is 10.8. The highest BCUT2D eigenvalue weighted by Crippen LogP contribution is 2.16. The average molecular weight is 209 g/mol. The smallest absolute Gasteiger partial charge is 0.231 e. The van der Waals surface area contributed by atoms with Crippen LogP contribution < -0.4 is 21.7 Å². The molecule has 0 bridgehead atoms. The molecular formula is C8H15N7. The molecule has 0 amide bonds. The predicted molar refractivity (Wildman–Crippen MR) is 58.3 cm³/mol. The number of hydrogen-bond donors (Lipinski definition) is 3. The van der Waals surface area contributed by atoms with E-state index in [2.05, 4.69) is 25.2 Å². The van der Waals surface area contributed by atoms with E-state index in [-0.39, 0.29) is 11.9 Å². The average Bonchev–Trinajstić information content (AvgIpc) is 2.64. The predicted octanol–water partition coefficient (Wildman–Crippen LogP) is -1.17. The van der Waals surface area contributed by atoms with Crippen LogP contribution in [0.5, 0.6) is 0 Å². The molecule has 1 aromatic rings. The molecular weight excluding hydrogens is 194 g/mol. The van der Waals surface area contributed by atoms with E-state index in [0.29, 0.717) is 12.0 Å². The normalized spacial score (nSPS) is 20.9. The summed E-state index contributed by atoms with van der Waals surface area (Å²) in [7, 11) is 1.95. The van der Waals surface area contributed by atoms with Gasteiger partial charge in [0, 0.05) is 19.1 Å². The summed E-state index contributed by atoms with van der Waals surface area (Å²) in [5.41, 5.74) is 11.0. The van der Waals surface area contributed by atoms with Crippen LogP contribution in [0.2, 0.25) is 0 Å². The molecule has 1 aliphatic rings. The summed E-state index contributed by atoms with van der Waals surface area (Å²) in [5, 5.41) is 3.22. The zero-order valence-electron chi connectivity index (χ0n) is 8.64. The van der Waals surface area contributed by atoms with Crippen molar-refractivity contribution in [3.05, 3.63) is 0 Å². The minimum atomic E-state index is 0.172. The Morgan fingerprint density at radius 3 is 2.47 bits per heavy atom. The van der Waals surface area contributed by atoms with Gasteiger partial charge < -0.3 is 21.7 Å². The lowest BCUT2D eigenvalue weighted by Gasteiger charge is -2.16. The molecule has 0 aromatic carbocycles. The van der Waals surface area contributed by atoms with Crippen molar-refractivity contribution < 1.29 is 0 Å². The topological polar surface area (TPSA) is 106 Å². The quantitative estimate of drug-likeness (QED) is 0.563. The number of anilines is 3. The summed E-state index contributed by atoms with van der Waals surface area (Å²) in [6.45, 7) is 1.79. The van der Waals surface area contributed by atoms with Crippen LogP contribution in [0, 0.1) is 0 Å². The second kappa shape index (κ2) is 3.85. The molecule has 0 spiro atoms. The van der Waals surface area contributed by atoms with Crippen molar-refractivity contribution in [3.8, 4) is 0 Å². The van der Waals surface area contributed by atoms with Gasteiger partial charge in [-0.05, 0) is 13.5 Å². The van der Waals surface area contributed by atoms with E-state index in [4.69, 9.17) is 11.5 Å². The van der Waals surface area contributed by atoms with Gasteiger partial charge in [-0.2, -0.15) is 15.0 Å². The standard InChI is InChI=1S/C8H15N7/c1-11-5-2-3-15(4-5)8-13-6(9)12-7(10)14-8/h5,11H,2-4H2,1H3,(H4,9,10,12,13,14)/t5-/m1/s1. The highest BCUT2D eigenvalue weighted by molar-refractivity contribution is 5.40. The number of rotatable bonds is 2. The number of likely N-dealkylation sites (N-methyl/N-ethyl adjacent to an activating group) is 1. The third-order valence-electron chi connectivity index (χ3n) is 2.54. The highest BCUT2D eigenvalue weighted by Gasteiger charge is 2.23. The Morgan fingerprint density at radius 1 is 1.27 bits per heavy atom. The molecule has 0 aliphatic carbocycles. The molecule has 1 atom stereocenters. The minimum Gasteiger partial charge on any atom is -0.368 e. The Balaban J connectivity index is 2.16. The van der Waals surface area contributed by atoms with E-state index in [9.17, 15) is 0 Å². The van der Waals surface area contributed by atoms with Gasteiger partial charge >= 0.3 is 0 Å². The Hall–Kier alpha value is -1.63. The molecule has 15 heavy (non-hydrogen) atoms. The van der Waals surface area contributed by atoms with Crippen molar-refractivity contribution in [1.29, 1.82) is 0 Å². The molecule has 0 unspecified atom stereocenters. The van der Waals surface area contributed by atoms with Crippen LogP contribution in [0.1, 0.15) is 6.42 Å². The van der Waals surface area contributed by atoms with Crippen LogP contribution in [0.3, 0.4) is 0 Å². The van der Waals surface area contributed by atoms with Crippen LogP contribution >= 0.6 is 0 Å². The number of hydrogen-bond acceptors (Lipinski definition) is 7. The van der Waals surface area contributed by atoms with Crippen molar-refractivity contribution >= 4 is 17.8 Å². The second-order valence-electron chi connectivity index (χ2n) is 3.57. The minimum absolute atomic E-state index is 0.172. The maximum atomic E-state index is 5.51. The van der Waals surface area contributed by atoms with E-state index in [1.807, 2.05) is 7.05 Å². The fourth-order valence-electron chi connectivity index (χ4n) is 1.72. The second-order valence-corrected chi connectivity index (χ2v) is 3.57. The van der Waals surface area contributed by atoms with E-state index in [1.54, 1.807) is 0 Å². The van der Waals surface area contributed by atoms with Crippen LogP contribution in [0.25, 0.3) is 0 Å². The van der Waals surface area contributed by atoms with Gasteiger partial charge in [0.1, 0.15) is 0 Å². The lowest BCUT2D eigenvalue weighted by molar-refractivity contribution is 0.616.